The molecule has 0 bridgehead atoms. The smallest absolute Gasteiger partial charge is 0.414 e. The number of amides is 1. The zero-order chi connectivity index (χ0) is 24.1. The number of ether oxygens (including phenoxy) is 3. The Balaban J connectivity index is 1.77. The lowest BCUT2D eigenvalue weighted by atomic mass is 9.93. The van der Waals surface area contributed by atoms with Gasteiger partial charge in [-0.15, -0.1) is 0 Å². The summed E-state index contributed by atoms with van der Waals surface area (Å²) in [4.78, 5) is 39.7. The van der Waals surface area contributed by atoms with Gasteiger partial charge >= 0.3 is 18.0 Å². The fourth-order valence-corrected chi connectivity index (χ4v) is 3.75. The topological polar surface area (TPSA) is 82.1 Å². The van der Waals surface area contributed by atoms with Crippen LogP contribution in [-0.4, -0.2) is 34.1 Å². The summed E-state index contributed by atoms with van der Waals surface area (Å²) in [5.74, 6) is -0.882. The Kier molecular flexibility index (Phi) is 7.41. The quantitative estimate of drug-likeness (QED) is 0.426. The molecule has 2 aromatic rings. The van der Waals surface area contributed by atoms with E-state index in [-0.39, 0.29) is 25.4 Å². The number of benzene rings is 2. The monoisotopic (exact) mass is 453 g/mol. The van der Waals surface area contributed by atoms with Gasteiger partial charge in [-0.1, -0.05) is 60.7 Å². The summed E-state index contributed by atoms with van der Waals surface area (Å²) >= 11 is 0. The lowest BCUT2D eigenvalue weighted by molar-refractivity contribution is -0.155. The molecule has 7 nitrogen and oxygen atoms in total. The fourth-order valence-electron chi connectivity index (χ4n) is 3.75. The van der Waals surface area contributed by atoms with Crippen LogP contribution in [0.3, 0.4) is 0 Å². The Labute approximate surface area is 194 Å². The van der Waals surface area contributed by atoms with Gasteiger partial charge in [-0.2, -0.15) is 0 Å². The van der Waals surface area contributed by atoms with Crippen LogP contribution >= 0.6 is 0 Å². The highest BCUT2D eigenvalue weighted by atomic mass is 16.6. The number of hydrogen-bond donors (Lipinski definition) is 0. The SMILES string of the molecule is CC(C)(C)OC(=O)CCC[C@@]1(C)C(=O)O[C@H](c2ccccc2)N1C(=O)OCc1ccccc1. The Morgan fingerprint density at radius 1 is 1.03 bits per heavy atom. The molecule has 1 amide bonds. The minimum Gasteiger partial charge on any atom is -0.460 e. The number of nitrogens with zero attached hydrogens (tertiary/aromatic N) is 1. The molecule has 1 saturated heterocycles. The molecule has 3 rings (SSSR count). The van der Waals surface area contributed by atoms with Gasteiger partial charge in [0.1, 0.15) is 17.7 Å². The molecule has 1 heterocycles. The van der Waals surface area contributed by atoms with Crippen molar-refractivity contribution < 1.29 is 28.6 Å². The van der Waals surface area contributed by atoms with Crippen LogP contribution in [-0.2, 0) is 30.4 Å². The summed E-state index contributed by atoms with van der Waals surface area (Å²) in [6.07, 6.45) is -0.852. The maximum absolute atomic E-state index is 13.2. The highest BCUT2D eigenvalue weighted by Crippen LogP contribution is 2.41. The molecular formula is C26H31NO6. The predicted octanol–water partition coefficient (Wildman–Crippen LogP) is 5.15. The molecule has 1 fully saturated rings. The maximum Gasteiger partial charge on any atom is 0.414 e. The van der Waals surface area contributed by atoms with Crippen molar-refractivity contribution in [1.29, 1.82) is 0 Å². The Morgan fingerprint density at radius 3 is 2.24 bits per heavy atom. The van der Waals surface area contributed by atoms with Gasteiger partial charge in [0.15, 0.2) is 0 Å². The Bertz CT molecular complexity index is 969. The lowest BCUT2D eigenvalue weighted by Crippen LogP contribution is -2.49. The maximum atomic E-state index is 13.2. The van der Waals surface area contributed by atoms with Gasteiger partial charge in [-0.3, -0.25) is 9.69 Å². The van der Waals surface area contributed by atoms with Crippen molar-refractivity contribution in [1.82, 2.24) is 4.90 Å². The molecule has 176 valence electrons. The predicted molar refractivity (Wildman–Crippen MR) is 122 cm³/mol. The number of hydrogen-bond acceptors (Lipinski definition) is 6. The molecule has 1 aliphatic heterocycles. The normalized spacial score (nSPS) is 20.3. The lowest BCUT2D eigenvalue weighted by Gasteiger charge is -2.32. The highest BCUT2D eigenvalue weighted by Gasteiger charge is 2.55. The van der Waals surface area contributed by atoms with Crippen LogP contribution in [0.4, 0.5) is 4.79 Å². The number of esters is 2. The summed E-state index contributed by atoms with van der Waals surface area (Å²) in [6, 6.07) is 18.4. The van der Waals surface area contributed by atoms with Crippen LogP contribution in [0.25, 0.3) is 0 Å². The van der Waals surface area contributed by atoms with Crippen molar-refractivity contribution in [2.75, 3.05) is 0 Å². The average molecular weight is 454 g/mol. The van der Waals surface area contributed by atoms with Gasteiger partial charge in [-0.05, 0) is 46.1 Å². The molecule has 2 atom stereocenters. The molecule has 1 aliphatic rings. The first-order valence-electron chi connectivity index (χ1n) is 11.1. The second kappa shape index (κ2) is 10.1. The van der Waals surface area contributed by atoms with E-state index in [2.05, 4.69) is 0 Å². The van der Waals surface area contributed by atoms with Gasteiger partial charge in [-0.25, -0.2) is 9.59 Å². The van der Waals surface area contributed by atoms with E-state index in [9.17, 15) is 14.4 Å². The van der Waals surface area contributed by atoms with Crippen molar-refractivity contribution in [3.05, 3.63) is 71.8 Å². The van der Waals surface area contributed by atoms with Crippen LogP contribution < -0.4 is 0 Å². The van der Waals surface area contributed by atoms with E-state index in [0.717, 1.165) is 5.56 Å². The van der Waals surface area contributed by atoms with Crippen molar-refractivity contribution in [3.8, 4) is 0 Å². The number of carbonyl (C=O) groups is 3. The van der Waals surface area contributed by atoms with Crippen molar-refractivity contribution in [2.45, 2.75) is 70.9 Å². The van der Waals surface area contributed by atoms with Crippen LogP contribution in [0.5, 0.6) is 0 Å². The third-order valence-electron chi connectivity index (χ3n) is 5.38. The minimum absolute atomic E-state index is 0.0693. The minimum atomic E-state index is -1.28. The van der Waals surface area contributed by atoms with E-state index < -0.39 is 29.4 Å². The van der Waals surface area contributed by atoms with E-state index in [1.807, 2.05) is 48.5 Å². The number of rotatable bonds is 7. The summed E-state index contributed by atoms with van der Waals surface area (Å²) in [5, 5.41) is 0. The van der Waals surface area contributed by atoms with Crippen molar-refractivity contribution >= 4 is 18.0 Å². The molecule has 0 unspecified atom stereocenters. The highest BCUT2D eigenvalue weighted by molar-refractivity contribution is 5.88. The van der Waals surface area contributed by atoms with Crippen LogP contribution in [0, 0.1) is 0 Å². The molecule has 0 spiro atoms. The molecular weight excluding hydrogens is 422 g/mol. The van der Waals surface area contributed by atoms with Gasteiger partial charge in [0.2, 0.25) is 6.23 Å². The molecule has 0 aromatic heterocycles. The van der Waals surface area contributed by atoms with Crippen molar-refractivity contribution in [2.24, 2.45) is 0 Å². The second-order valence-corrected chi connectivity index (χ2v) is 9.29. The number of cyclic esters (lactones) is 1. The molecule has 0 saturated carbocycles. The molecule has 0 N–H and O–H groups in total. The summed E-state index contributed by atoms with van der Waals surface area (Å²) < 4.78 is 16.6. The Morgan fingerprint density at radius 2 is 1.64 bits per heavy atom. The number of carbonyl (C=O) groups excluding carboxylic acids is 3. The zero-order valence-corrected chi connectivity index (χ0v) is 19.6. The van der Waals surface area contributed by atoms with Crippen LogP contribution in [0.2, 0.25) is 0 Å². The second-order valence-electron chi connectivity index (χ2n) is 9.29. The van der Waals surface area contributed by atoms with Crippen LogP contribution in [0.1, 0.15) is 64.3 Å². The standard InChI is InChI=1S/C26H31NO6/c1-25(2,3)33-21(28)16-11-17-26(4)23(29)32-22(20-14-9-6-10-15-20)27(26)24(30)31-18-19-12-7-5-8-13-19/h5-10,12-15,22H,11,16-18H2,1-4H3/t22-,26+/m1/s1. The summed E-state index contributed by atoms with van der Waals surface area (Å²) in [7, 11) is 0. The zero-order valence-electron chi connectivity index (χ0n) is 19.6. The van der Waals surface area contributed by atoms with E-state index >= 15 is 0 Å². The molecule has 0 radical (unpaired) electrons. The first-order valence-corrected chi connectivity index (χ1v) is 11.1. The molecule has 0 aliphatic carbocycles. The summed E-state index contributed by atoms with van der Waals surface area (Å²) in [6.45, 7) is 7.12. The van der Waals surface area contributed by atoms with E-state index in [1.165, 1.54) is 4.90 Å². The fraction of sp³-hybridized carbons (Fsp3) is 0.423. The molecule has 33 heavy (non-hydrogen) atoms. The Hall–Kier alpha value is -3.35. The van der Waals surface area contributed by atoms with Crippen molar-refractivity contribution in [3.63, 3.8) is 0 Å². The molecule has 7 heteroatoms. The van der Waals surface area contributed by atoms with E-state index in [0.29, 0.717) is 12.0 Å². The van der Waals surface area contributed by atoms with Gasteiger partial charge in [0, 0.05) is 12.0 Å². The van der Waals surface area contributed by atoms with E-state index in [1.54, 1.807) is 39.8 Å². The first-order chi connectivity index (χ1) is 15.6. The summed E-state index contributed by atoms with van der Waals surface area (Å²) in [5.41, 5.74) is -0.367. The van der Waals surface area contributed by atoms with Gasteiger partial charge < -0.3 is 14.2 Å². The van der Waals surface area contributed by atoms with Gasteiger partial charge in [0.25, 0.3) is 0 Å². The third-order valence-corrected chi connectivity index (χ3v) is 5.38. The van der Waals surface area contributed by atoms with Gasteiger partial charge in [0.05, 0.1) is 0 Å². The average Bonchev–Trinajstić information content (AvgIpc) is 3.03. The first kappa shape index (κ1) is 24.3. The van der Waals surface area contributed by atoms with E-state index in [4.69, 9.17) is 14.2 Å². The third kappa shape index (κ3) is 6.12. The largest absolute Gasteiger partial charge is 0.460 e. The van der Waals surface area contributed by atoms with Crippen LogP contribution in [0.15, 0.2) is 60.7 Å². The molecule has 2 aromatic carbocycles.